The number of carbonyl (C=O) groups is 2. The fraction of sp³-hybridized carbons (Fsp3) is 0.333. The van der Waals surface area contributed by atoms with E-state index >= 15 is 0 Å². The van der Waals surface area contributed by atoms with Gasteiger partial charge < -0.3 is 10.1 Å². The van der Waals surface area contributed by atoms with Crippen LogP contribution in [0.2, 0.25) is 0 Å². The quantitative estimate of drug-likeness (QED) is 0.802. The molecule has 0 spiro atoms. The van der Waals surface area contributed by atoms with Gasteiger partial charge in [0.1, 0.15) is 12.4 Å². The Kier molecular flexibility index (Phi) is 5.62. The maximum Gasteiger partial charge on any atom is 0.221 e. The Labute approximate surface area is 149 Å². The van der Waals surface area contributed by atoms with Crippen LogP contribution in [-0.4, -0.2) is 11.7 Å². The zero-order valence-electron chi connectivity index (χ0n) is 15.5. The lowest BCUT2D eigenvalue weighted by molar-refractivity contribution is -0.114. The fourth-order valence-electron chi connectivity index (χ4n) is 2.42. The molecule has 0 aromatic heterocycles. The van der Waals surface area contributed by atoms with Gasteiger partial charge in [0.2, 0.25) is 5.91 Å². The highest BCUT2D eigenvalue weighted by molar-refractivity contribution is 5.96. The molecule has 0 bridgehead atoms. The van der Waals surface area contributed by atoms with Crippen molar-refractivity contribution in [3.05, 3.63) is 59.2 Å². The summed E-state index contributed by atoms with van der Waals surface area (Å²) in [4.78, 5) is 23.0. The van der Waals surface area contributed by atoms with Gasteiger partial charge in [0.15, 0.2) is 5.78 Å². The predicted octanol–water partition coefficient (Wildman–Crippen LogP) is 4.72. The molecule has 0 radical (unpaired) electrons. The summed E-state index contributed by atoms with van der Waals surface area (Å²) in [5, 5.41) is 2.73. The van der Waals surface area contributed by atoms with Crippen molar-refractivity contribution in [3.8, 4) is 5.75 Å². The van der Waals surface area contributed by atoms with Gasteiger partial charge in [0.25, 0.3) is 0 Å². The molecule has 1 amide bonds. The molecule has 0 heterocycles. The molecule has 25 heavy (non-hydrogen) atoms. The third kappa shape index (κ3) is 5.18. The number of Topliss-reactive ketones (excluding diaryl/α,β-unsaturated/α-hetero) is 1. The molecule has 0 unspecified atom stereocenters. The lowest BCUT2D eigenvalue weighted by atomic mass is 9.87. The maximum atomic E-state index is 11.6. The van der Waals surface area contributed by atoms with Gasteiger partial charge in [0.05, 0.1) is 5.69 Å². The third-order valence-electron chi connectivity index (χ3n) is 3.91. The predicted molar refractivity (Wildman–Crippen MR) is 100 cm³/mol. The van der Waals surface area contributed by atoms with Gasteiger partial charge in [-0.05, 0) is 41.7 Å². The van der Waals surface area contributed by atoms with E-state index in [-0.39, 0.29) is 17.1 Å². The molecule has 0 saturated heterocycles. The molecule has 1 N–H and O–H groups in total. The molecule has 0 aliphatic heterocycles. The van der Waals surface area contributed by atoms with E-state index < -0.39 is 0 Å². The van der Waals surface area contributed by atoms with Gasteiger partial charge in [-0.3, -0.25) is 9.59 Å². The number of anilines is 1. The van der Waals surface area contributed by atoms with Crippen molar-refractivity contribution in [2.45, 2.75) is 46.6 Å². The largest absolute Gasteiger partial charge is 0.487 e. The highest BCUT2D eigenvalue weighted by Crippen LogP contribution is 2.28. The van der Waals surface area contributed by atoms with Crippen LogP contribution in [0.25, 0.3) is 0 Å². The second-order valence-electron chi connectivity index (χ2n) is 7.18. The lowest BCUT2D eigenvalue weighted by Crippen LogP contribution is -2.11. The topological polar surface area (TPSA) is 55.4 Å². The first-order chi connectivity index (χ1) is 11.7. The van der Waals surface area contributed by atoms with Gasteiger partial charge in [-0.15, -0.1) is 0 Å². The second kappa shape index (κ2) is 7.51. The summed E-state index contributed by atoms with van der Waals surface area (Å²) in [6.07, 6.45) is 0. The van der Waals surface area contributed by atoms with E-state index in [1.54, 1.807) is 18.2 Å². The summed E-state index contributed by atoms with van der Waals surface area (Å²) in [5.41, 5.74) is 3.49. The van der Waals surface area contributed by atoms with E-state index in [0.717, 1.165) is 5.56 Å². The summed E-state index contributed by atoms with van der Waals surface area (Å²) in [5.74, 6) is 0.256. The number of nitrogens with one attached hydrogen (secondary N) is 1. The van der Waals surface area contributed by atoms with E-state index in [2.05, 4.69) is 38.2 Å². The van der Waals surface area contributed by atoms with E-state index in [4.69, 9.17) is 4.74 Å². The minimum absolute atomic E-state index is 0.0474. The van der Waals surface area contributed by atoms with Gasteiger partial charge in [-0.25, -0.2) is 0 Å². The van der Waals surface area contributed by atoms with Crippen LogP contribution in [0.4, 0.5) is 5.69 Å². The van der Waals surface area contributed by atoms with E-state index in [0.29, 0.717) is 23.6 Å². The van der Waals surface area contributed by atoms with Crippen molar-refractivity contribution in [2.75, 3.05) is 5.32 Å². The van der Waals surface area contributed by atoms with E-state index in [1.165, 1.54) is 19.4 Å². The van der Waals surface area contributed by atoms with E-state index in [9.17, 15) is 9.59 Å². The first-order valence-corrected chi connectivity index (χ1v) is 8.31. The van der Waals surface area contributed by atoms with Crippen LogP contribution in [0.15, 0.2) is 42.5 Å². The van der Waals surface area contributed by atoms with Crippen molar-refractivity contribution in [1.82, 2.24) is 0 Å². The lowest BCUT2D eigenvalue weighted by Gasteiger charge is -2.19. The van der Waals surface area contributed by atoms with Gasteiger partial charge in [-0.2, -0.15) is 0 Å². The maximum absolute atomic E-state index is 11.6. The molecular formula is C21H25NO3. The molecule has 2 aromatic carbocycles. The van der Waals surface area contributed by atoms with Crippen molar-refractivity contribution in [2.24, 2.45) is 0 Å². The number of hydrogen-bond acceptors (Lipinski definition) is 3. The van der Waals surface area contributed by atoms with Gasteiger partial charge in [0, 0.05) is 12.5 Å². The molecule has 2 aromatic rings. The molecule has 2 rings (SSSR count). The Balaban J connectivity index is 2.19. The number of amides is 1. The van der Waals surface area contributed by atoms with Gasteiger partial charge in [-0.1, -0.05) is 45.0 Å². The van der Waals surface area contributed by atoms with Crippen LogP contribution in [0, 0.1) is 0 Å². The number of carbonyl (C=O) groups excluding carboxylic acids is 2. The molecule has 0 aliphatic rings. The highest BCUT2D eigenvalue weighted by Gasteiger charge is 2.13. The van der Waals surface area contributed by atoms with Crippen molar-refractivity contribution >= 4 is 17.4 Å². The minimum atomic E-state index is -0.185. The minimum Gasteiger partial charge on any atom is -0.487 e. The highest BCUT2D eigenvalue weighted by atomic mass is 16.5. The molecule has 132 valence electrons. The molecule has 0 fully saturated rings. The van der Waals surface area contributed by atoms with Crippen LogP contribution in [0.3, 0.4) is 0 Å². The van der Waals surface area contributed by atoms with Crippen molar-refractivity contribution < 1.29 is 14.3 Å². The monoisotopic (exact) mass is 339 g/mol. The summed E-state index contributed by atoms with van der Waals surface area (Å²) in [6, 6.07) is 13.3. The summed E-state index contributed by atoms with van der Waals surface area (Å²) in [7, 11) is 0. The fourth-order valence-corrected chi connectivity index (χ4v) is 2.42. The number of ether oxygens (including phenoxy) is 1. The third-order valence-corrected chi connectivity index (χ3v) is 3.91. The zero-order valence-corrected chi connectivity index (χ0v) is 15.5. The average Bonchev–Trinajstić information content (AvgIpc) is 2.52. The number of hydrogen-bond donors (Lipinski definition) is 1. The van der Waals surface area contributed by atoms with Crippen molar-refractivity contribution in [3.63, 3.8) is 0 Å². The Morgan fingerprint density at radius 3 is 2.16 bits per heavy atom. The molecule has 0 atom stereocenters. The SMILES string of the molecule is CC(=O)Nc1ccc(C(C)=O)cc1OCc1ccc(C(C)(C)C)cc1. The Morgan fingerprint density at radius 1 is 1.00 bits per heavy atom. The molecular weight excluding hydrogens is 314 g/mol. The van der Waals surface area contributed by atoms with Crippen LogP contribution in [0.1, 0.15) is 56.1 Å². The molecule has 4 nitrogen and oxygen atoms in total. The van der Waals surface area contributed by atoms with Crippen LogP contribution in [0.5, 0.6) is 5.75 Å². The summed E-state index contributed by atoms with van der Waals surface area (Å²) >= 11 is 0. The number of rotatable bonds is 5. The molecule has 0 saturated carbocycles. The van der Waals surface area contributed by atoms with Crippen LogP contribution >= 0.6 is 0 Å². The average molecular weight is 339 g/mol. The Hall–Kier alpha value is -2.62. The Morgan fingerprint density at radius 2 is 1.64 bits per heavy atom. The summed E-state index contributed by atoms with van der Waals surface area (Å²) in [6.45, 7) is 9.82. The van der Waals surface area contributed by atoms with Crippen molar-refractivity contribution in [1.29, 1.82) is 0 Å². The van der Waals surface area contributed by atoms with Crippen LogP contribution in [-0.2, 0) is 16.8 Å². The molecule has 0 aliphatic carbocycles. The van der Waals surface area contributed by atoms with Gasteiger partial charge >= 0.3 is 0 Å². The Bertz CT molecular complexity index is 771. The standard InChI is InChI=1S/C21H25NO3/c1-14(23)17-8-11-19(22-15(2)24)20(12-17)25-13-16-6-9-18(10-7-16)21(3,4)5/h6-12H,13H2,1-5H3,(H,22,24). The number of ketones is 1. The van der Waals surface area contributed by atoms with E-state index in [1.807, 2.05) is 12.1 Å². The van der Waals surface area contributed by atoms with Crippen LogP contribution < -0.4 is 10.1 Å². The normalized spacial score (nSPS) is 11.1. The summed E-state index contributed by atoms with van der Waals surface area (Å²) < 4.78 is 5.87. The molecule has 4 heteroatoms. The second-order valence-corrected chi connectivity index (χ2v) is 7.18. The zero-order chi connectivity index (χ0) is 18.6. The first-order valence-electron chi connectivity index (χ1n) is 8.31. The number of benzene rings is 2. The first kappa shape index (κ1) is 18.7. The smallest absolute Gasteiger partial charge is 0.221 e.